The molecule has 5 nitrogen and oxygen atoms in total. The van der Waals surface area contributed by atoms with E-state index >= 15 is 0 Å². The van der Waals surface area contributed by atoms with Crippen LogP contribution in [0.2, 0.25) is 0 Å². The van der Waals surface area contributed by atoms with Crippen molar-refractivity contribution in [2.45, 2.75) is 68.6 Å². The fourth-order valence-electron chi connectivity index (χ4n) is 5.88. The van der Waals surface area contributed by atoms with Gasteiger partial charge in [0, 0.05) is 18.6 Å². The first kappa shape index (κ1) is 19.4. The van der Waals surface area contributed by atoms with Crippen molar-refractivity contribution in [1.29, 1.82) is 0 Å². The van der Waals surface area contributed by atoms with Crippen molar-refractivity contribution in [3.05, 3.63) is 35.9 Å². The molecule has 1 aromatic carbocycles. The minimum Gasteiger partial charge on any atom is -0.317 e. The maximum atomic E-state index is 13.4. The topological polar surface area (TPSA) is 52.8 Å². The Balaban J connectivity index is 1.41. The van der Waals surface area contributed by atoms with E-state index in [0.29, 0.717) is 11.8 Å². The number of carbonyl (C=O) groups is 1. The third-order valence-electron chi connectivity index (χ3n) is 8.29. The summed E-state index contributed by atoms with van der Waals surface area (Å²) in [5.74, 6) is 1.23. The van der Waals surface area contributed by atoms with E-state index in [2.05, 4.69) is 54.2 Å². The Morgan fingerprint density at radius 2 is 1.72 bits per heavy atom. The quantitative estimate of drug-likeness (QED) is 0.799. The van der Waals surface area contributed by atoms with Crippen molar-refractivity contribution >= 4 is 6.03 Å². The van der Waals surface area contributed by atoms with E-state index in [9.17, 15) is 4.79 Å². The molecule has 1 aromatic rings. The summed E-state index contributed by atoms with van der Waals surface area (Å²) in [4.78, 5) is 20.1. The van der Waals surface area contributed by atoms with E-state index in [4.69, 9.17) is 5.73 Å². The molecule has 3 aliphatic carbocycles. The van der Waals surface area contributed by atoms with Crippen molar-refractivity contribution in [2.75, 3.05) is 27.2 Å². The van der Waals surface area contributed by atoms with Crippen LogP contribution in [0.15, 0.2) is 30.3 Å². The van der Waals surface area contributed by atoms with Crippen molar-refractivity contribution < 1.29 is 4.79 Å². The number of hydrogen-bond acceptors (Lipinski definition) is 3. The zero-order valence-corrected chi connectivity index (χ0v) is 18.0. The lowest BCUT2D eigenvalue weighted by Crippen LogP contribution is -2.55. The number of nitrogens with zero attached hydrogens (tertiary/aromatic N) is 3. The third-order valence-corrected chi connectivity index (χ3v) is 8.29. The Hall–Kier alpha value is -1.59. The predicted molar refractivity (Wildman–Crippen MR) is 115 cm³/mol. The van der Waals surface area contributed by atoms with E-state index in [1.807, 2.05) is 4.90 Å². The van der Waals surface area contributed by atoms with E-state index in [-0.39, 0.29) is 23.3 Å². The van der Waals surface area contributed by atoms with Crippen LogP contribution in [0, 0.1) is 11.8 Å². The molecule has 0 aromatic heterocycles. The number of nitrogens with two attached hydrogens (primary N) is 1. The highest BCUT2D eigenvalue weighted by atomic mass is 16.2. The summed E-state index contributed by atoms with van der Waals surface area (Å²) in [7, 11) is 4.42. The summed E-state index contributed by atoms with van der Waals surface area (Å²) < 4.78 is 0. The van der Waals surface area contributed by atoms with Crippen LogP contribution in [0.1, 0.15) is 56.9 Å². The van der Waals surface area contributed by atoms with Crippen LogP contribution >= 0.6 is 0 Å². The zero-order chi connectivity index (χ0) is 20.2. The maximum absolute atomic E-state index is 13.4. The highest BCUT2D eigenvalue weighted by molar-refractivity contribution is 5.79. The second-order valence-electron chi connectivity index (χ2n) is 10.3. The number of rotatable bonds is 6. The van der Waals surface area contributed by atoms with Gasteiger partial charge >= 0.3 is 6.03 Å². The van der Waals surface area contributed by atoms with Gasteiger partial charge in [-0.1, -0.05) is 30.3 Å². The molecule has 1 atom stereocenters. The lowest BCUT2D eigenvalue weighted by Gasteiger charge is -2.51. The van der Waals surface area contributed by atoms with Gasteiger partial charge in [0.1, 0.15) is 0 Å². The standard InChI is InChI=1S/C24H36N4O/c1-26(2)24(20-6-4-3-5-7-20)14-12-23(13-15-24)17-27(21(25)19-10-11-19)22(29)28(23)16-18-8-9-18/h3-7,18-19,21H,8-17,25H2,1-2H3. The highest BCUT2D eigenvalue weighted by Crippen LogP contribution is 2.50. The van der Waals surface area contributed by atoms with Crippen molar-refractivity contribution in [2.24, 2.45) is 17.6 Å². The smallest absolute Gasteiger partial charge is 0.317 e. The summed E-state index contributed by atoms with van der Waals surface area (Å²) in [5, 5.41) is 0. The minimum atomic E-state index is -0.0850. The monoisotopic (exact) mass is 396 g/mol. The summed E-state index contributed by atoms with van der Waals surface area (Å²) in [6, 6.07) is 11.2. The van der Waals surface area contributed by atoms with E-state index in [1.54, 1.807) is 0 Å². The van der Waals surface area contributed by atoms with Crippen LogP contribution < -0.4 is 5.73 Å². The Bertz CT molecular complexity index is 747. The van der Waals surface area contributed by atoms with Crippen LogP contribution in [0.25, 0.3) is 0 Å². The number of carbonyl (C=O) groups excluding carboxylic acids is 1. The fraction of sp³-hybridized carbons (Fsp3) is 0.708. The summed E-state index contributed by atoms with van der Waals surface area (Å²) in [6.45, 7) is 1.77. The van der Waals surface area contributed by atoms with Crippen LogP contribution in [0.3, 0.4) is 0 Å². The molecule has 5 rings (SSSR count). The van der Waals surface area contributed by atoms with Gasteiger partial charge in [-0.2, -0.15) is 0 Å². The largest absolute Gasteiger partial charge is 0.321 e. The Labute approximate surface area is 175 Å². The summed E-state index contributed by atoms with van der Waals surface area (Å²) >= 11 is 0. The van der Waals surface area contributed by atoms with Crippen LogP contribution in [-0.2, 0) is 5.54 Å². The molecule has 2 amide bonds. The Morgan fingerprint density at radius 3 is 2.28 bits per heavy atom. The van der Waals surface area contributed by atoms with Gasteiger partial charge in [-0.3, -0.25) is 4.90 Å². The van der Waals surface area contributed by atoms with E-state index in [1.165, 1.54) is 31.2 Å². The van der Waals surface area contributed by atoms with Gasteiger partial charge in [0.15, 0.2) is 0 Å². The molecule has 3 saturated carbocycles. The van der Waals surface area contributed by atoms with Gasteiger partial charge in [0.2, 0.25) is 0 Å². The summed E-state index contributed by atoms with van der Waals surface area (Å²) in [5.41, 5.74) is 7.98. The minimum absolute atomic E-state index is 0.0273. The molecule has 1 saturated heterocycles. The lowest BCUT2D eigenvalue weighted by atomic mass is 9.68. The van der Waals surface area contributed by atoms with Gasteiger partial charge in [-0.05, 0) is 82.9 Å². The molecule has 0 bridgehead atoms. The van der Waals surface area contributed by atoms with Crippen LogP contribution in [-0.4, -0.2) is 59.6 Å². The van der Waals surface area contributed by atoms with E-state index < -0.39 is 0 Å². The van der Waals surface area contributed by atoms with Gasteiger partial charge in [-0.25, -0.2) is 4.79 Å². The normalized spacial score (nSPS) is 33.7. The first-order chi connectivity index (χ1) is 14.0. The first-order valence-corrected chi connectivity index (χ1v) is 11.5. The molecule has 1 unspecified atom stereocenters. The van der Waals surface area contributed by atoms with Crippen molar-refractivity contribution in [3.8, 4) is 0 Å². The molecular formula is C24H36N4O. The molecule has 29 heavy (non-hydrogen) atoms. The molecule has 2 N–H and O–H groups in total. The van der Waals surface area contributed by atoms with E-state index in [0.717, 1.165) is 38.8 Å². The average molecular weight is 397 g/mol. The van der Waals surface area contributed by atoms with Gasteiger partial charge in [0.25, 0.3) is 0 Å². The molecule has 158 valence electrons. The second kappa shape index (κ2) is 6.98. The molecule has 5 heteroatoms. The Morgan fingerprint density at radius 1 is 1.07 bits per heavy atom. The molecule has 1 heterocycles. The Kier molecular flexibility index (Phi) is 4.67. The molecule has 1 spiro atoms. The molecular weight excluding hydrogens is 360 g/mol. The second-order valence-corrected chi connectivity index (χ2v) is 10.3. The number of amides is 2. The van der Waals surface area contributed by atoms with Gasteiger partial charge in [-0.15, -0.1) is 0 Å². The summed E-state index contributed by atoms with van der Waals surface area (Å²) in [6.07, 6.45) is 9.13. The number of hydrogen-bond donors (Lipinski definition) is 1. The van der Waals surface area contributed by atoms with Gasteiger partial charge < -0.3 is 15.5 Å². The predicted octanol–water partition coefficient (Wildman–Crippen LogP) is 3.60. The number of urea groups is 1. The van der Waals surface area contributed by atoms with Crippen LogP contribution in [0.5, 0.6) is 0 Å². The molecule has 4 aliphatic rings. The third kappa shape index (κ3) is 3.27. The lowest BCUT2D eigenvalue weighted by molar-refractivity contribution is 0.0226. The number of benzene rings is 1. The van der Waals surface area contributed by atoms with Gasteiger partial charge in [0.05, 0.1) is 11.7 Å². The van der Waals surface area contributed by atoms with Crippen LogP contribution in [0.4, 0.5) is 4.79 Å². The zero-order valence-electron chi connectivity index (χ0n) is 18.0. The maximum Gasteiger partial charge on any atom is 0.321 e. The highest BCUT2D eigenvalue weighted by Gasteiger charge is 2.56. The SMILES string of the molecule is CN(C)C1(c2ccccc2)CCC2(CC1)CN(C(N)C1CC1)C(=O)N2CC1CC1. The van der Waals surface area contributed by atoms with Crippen molar-refractivity contribution in [3.63, 3.8) is 0 Å². The first-order valence-electron chi connectivity index (χ1n) is 11.5. The average Bonchev–Trinajstić information content (AvgIpc) is 3.64. The molecule has 0 radical (unpaired) electrons. The van der Waals surface area contributed by atoms with Crippen molar-refractivity contribution in [1.82, 2.24) is 14.7 Å². The fourth-order valence-corrected chi connectivity index (χ4v) is 5.88. The molecule has 4 fully saturated rings. The molecule has 1 aliphatic heterocycles.